The minimum absolute atomic E-state index is 0.503. The average Bonchev–Trinajstić information content (AvgIpc) is 3.19. The Morgan fingerprint density at radius 2 is 1.89 bits per heavy atom. The van der Waals surface area contributed by atoms with Gasteiger partial charge in [-0.25, -0.2) is 4.98 Å². The first-order valence-electron chi connectivity index (χ1n) is 9.89. The molecule has 1 saturated heterocycles. The maximum Gasteiger partial charge on any atom is 0.191 e. The molecule has 0 unspecified atom stereocenters. The number of hydrogen-bond acceptors (Lipinski definition) is 3. The second kappa shape index (κ2) is 9.55. The van der Waals surface area contributed by atoms with Gasteiger partial charge in [-0.2, -0.15) is 0 Å². The summed E-state index contributed by atoms with van der Waals surface area (Å²) in [5, 5.41) is 7.02. The van der Waals surface area contributed by atoms with E-state index in [4.69, 9.17) is 0 Å². The number of aliphatic imine (C=N–C) groups is 1. The fourth-order valence-corrected chi connectivity index (χ4v) is 3.49. The third-order valence-corrected chi connectivity index (χ3v) is 5.23. The molecule has 1 aromatic heterocycles. The fourth-order valence-electron chi connectivity index (χ4n) is 3.49. The molecular weight excluding hydrogens is 336 g/mol. The number of guanidine groups is 1. The number of rotatable bonds is 6. The number of benzene rings is 1. The standard InChI is InChI=1S/C21H32N6/c1-17(2)27-11-8-20(9-12-27)25-21(22-3)24-14-18-4-6-19(7-5-18)15-26-13-10-23-16-26/h4-7,10,13,16-17,20H,8-9,11-12,14-15H2,1-3H3,(H2,22,24,25). The molecule has 0 radical (unpaired) electrons. The minimum atomic E-state index is 0.503. The Morgan fingerprint density at radius 3 is 2.48 bits per heavy atom. The lowest BCUT2D eigenvalue weighted by atomic mass is 10.0. The molecule has 1 fully saturated rings. The smallest absolute Gasteiger partial charge is 0.191 e. The van der Waals surface area contributed by atoms with E-state index < -0.39 is 0 Å². The van der Waals surface area contributed by atoms with Crippen molar-refractivity contribution in [2.24, 2.45) is 4.99 Å². The quantitative estimate of drug-likeness (QED) is 0.607. The highest BCUT2D eigenvalue weighted by Gasteiger charge is 2.21. The van der Waals surface area contributed by atoms with Gasteiger partial charge >= 0.3 is 0 Å². The van der Waals surface area contributed by atoms with Gasteiger partial charge in [-0.1, -0.05) is 24.3 Å². The zero-order chi connectivity index (χ0) is 19.1. The van der Waals surface area contributed by atoms with Gasteiger partial charge in [0.05, 0.1) is 6.33 Å². The lowest BCUT2D eigenvalue weighted by Gasteiger charge is -2.35. The Hall–Kier alpha value is -2.34. The second-order valence-corrected chi connectivity index (χ2v) is 7.53. The second-order valence-electron chi connectivity index (χ2n) is 7.53. The summed E-state index contributed by atoms with van der Waals surface area (Å²) in [7, 11) is 1.84. The molecule has 6 nitrogen and oxygen atoms in total. The Bertz CT molecular complexity index is 697. The van der Waals surface area contributed by atoms with E-state index in [0.29, 0.717) is 12.1 Å². The van der Waals surface area contributed by atoms with Gasteiger partial charge in [-0.3, -0.25) is 4.99 Å². The van der Waals surface area contributed by atoms with Crippen LogP contribution >= 0.6 is 0 Å². The molecule has 0 saturated carbocycles. The first kappa shape index (κ1) is 19.4. The summed E-state index contributed by atoms with van der Waals surface area (Å²) < 4.78 is 2.07. The lowest BCUT2D eigenvalue weighted by Crippen LogP contribution is -2.49. The molecule has 0 bridgehead atoms. The molecule has 6 heteroatoms. The average molecular weight is 369 g/mol. The largest absolute Gasteiger partial charge is 0.354 e. The highest BCUT2D eigenvalue weighted by atomic mass is 15.2. The molecule has 3 rings (SSSR count). The summed E-state index contributed by atoms with van der Waals surface area (Å²) in [5.74, 6) is 0.889. The van der Waals surface area contributed by atoms with Gasteiger partial charge in [0.15, 0.2) is 5.96 Å². The first-order valence-corrected chi connectivity index (χ1v) is 9.89. The predicted molar refractivity (Wildman–Crippen MR) is 111 cm³/mol. The van der Waals surface area contributed by atoms with Crippen molar-refractivity contribution in [3.8, 4) is 0 Å². The SMILES string of the molecule is CN=C(NCc1ccc(Cn2ccnc2)cc1)NC1CCN(C(C)C)CC1. The van der Waals surface area contributed by atoms with Gasteiger partial charge in [0.1, 0.15) is 0 Å². The number of nitrogens with one attached hydrogen (secondary N) is 2. The van der Waals surface area contributed by atoms with Gasteiger partial charge < -0.3 is 20.1 Å². The monoisotopic (exact) mass is 368 g/mol. The van der Waals surface area contributed by atoms with Crippen molar-refractivity contribution < 1.29 is 0 Å². The summed E-state index contributed by atoms with van der Waals surface area (Å²) in [6.07, 6.45) is 7.97. The van der Waals surface area contributed by atoms with Crippen molar-refractivity contribution in [1.82, 2.24) is 25.1 Å². The summed E-state index contributed by atoms with van der Waals surface area (Å²) in [6.45, 7) is 8.49. The molecule has 2 heterocycles. The zero-order valence-corrected chi connectivity index (χ0v) is 16.7. The summed E-state index contributed by atoms with van der Waals surface area (Å²) in [4.78, 5) is 11.0. The number of piperidine rings is 1. The van der Waals surface area contributed by atoms with E-state index >= 15 is 0 Å². The summed E-state index contributed by atoms with van der Waals surface area (Å²) in [6, 6.07) is 9.84. The molecule has 1 aromatic carbocycles. The van der Waals surface area contributed by atoms with Crippen LogP contribution in [-0.4, -0.2) is 52.6 Å². The normalized spacial score (nSPS) is 16.7. The van der Waals surface area contributed by atoms with Crippen LogP contribution in [0.4, 0.5) is 0 Å². The third kappa shape index (κ3) is 5.82. The third-order valence-electron chi connectivity index (χ3n) is 5.23. The summed E-state index contributed by atoms with van der Waals surface area (Å²) >= 11 is 0. The van der Waals surface area contributed by atoms with Crippen molar-refractivity contribution in [3.05, 3.63) is 54.1 Å². The predicted octanol–water partition coefficient (Wildman–Crippen LogP) is 2.47. The Labute approximate surface area is 162 Å². The molecule has 27 heavy (non-hydrogen) atoms. The zero-order valence-electron chi connectivity index (χ0n) is 16.7. The molecule has 0 spiro atoms. The van der Waals surface area contributed by atoms with Crippen LogP contribution in [0.3, 0.4) is 0 Å². The molecule has 146 valence electrons. The van der Waals surface area contributed by atoms with Gasteiger partial charge in [0, 0.05) is 57.7 Å². The lowest BCUT2D eigenvalue weighted by molar-refractivity contribution is 0.167. The van der Waals surface area contributed by atoms with Crippen LogP contribution < -0.4 is 10.6 Å². The van der Waals surface area contributed by atoms with Crippen LogP contribution in [-0.2, 0) is 13.1 Å². The van der Waals surface area contributed by atoms with Gasteiger partial charge in [0.2, 0.25) is 0 Å². The molecule has 2 aromatic rings. The van der Waals surface area contributed by atoms with Crippen molar-refractivity contribution in [3.63, 3.8) is 0 Å². The Morgan fingerprint density at radius 1 is 1.19 bits per heavy atom. The van der Waals surface area contributed by atoms with Crippen LogP contribution in [0.2, 0.25) is 0 Å². The van der Waals surface area contributed by atoms with E-state index in [1.807, 2.05) is 25.8 Å². The van der Waals surface area contributed by atoms with Gasteiger partial charge in [0.25, 0.3) is 0 Å². The molecule has 1 aliphatic rings. The van der Waals surface area contributed by atoms with Crippen LogP contribution in [0.15, 0.2) is 48.0 Å². The topological polar surface area (TPSA) is 57.5 Å². The first-order chi connectivity index (χ1) is 13.1. The number of likely N-dealkylation sites (tertiary alicyclic amines) is 1. The maximum atomic E-state index is 4.39. The number of nitrogens with zero attached hydrogens (tertiary/aromatic N) is 4. The van der Waals surface area contributed by atoms with Crippen LogP contribution in [0.5, 0.6) is 0 Å². The minimum Gasteiger partial charge on any atom is -0.354 e. The van der Waals surface area contributed by atoms with Crippen molar-refractivity contribution >= 4 is 5.96 Å². The van der Waals surface area contributed by atoms with Crippen molar-refractivity contribution in [1.29, 1.82) is 0 Å². The molecule has 0 amide bonds. The van der Waals surface area contributed by atoms with Crippen LogP contribution in [0, 0.1) is 0 Å². The molecule has 0 aliphatic carbocycles. The summed E-state index contributed by atoms with van der Waals surface area (Å²) in [5.41, 5.74) is 2.53. The van der Waals surface area contributed by atoms with E-state index in [9.17, 15) is 0 Å². The molecular formula is C21H32N6. The van der Waals surface area contributed by atoms with Crippen molar-refractivity contribution in [2.75, 3.05) is 20.1 Å². The van der Waals surface area contributed by atoms with E-state index in [-0.39, 0.29) is 0 Å². The fraction of sp³-hybridized carbons (Fsp3) is 0.524. The maximum absolute atomic E-state index is 4.39. The van der Waals surface area contributed by atoms with E-state index in [0.717, 1.165) is 32.1 Å². The number of imidazole rings is 1. The Kier molecular flexibility index (Phi) is 6.87. The number of hydrogen-bond donors (Lipinski definition) is 2. The molecule has 1 aliphatic heterocycles. The van der Waals surface area contributed by atoms with E-state index in [1.54, 1.807) is 0 Å². The van der Waals surface area contributed by atoms with Crippen LogP contribution in [0.1, 0.15) is 37.8 Å². The molecule has 0 atom stereocenters. The highest BCUT2D eigenvalue weighted by molar-refractivity contribution is 5.79. The van der Waals surface area contributed by atoms with E-state index in [1.165, 1.54) is 24.0 Å². The van der Waals surface area contributed by atoms with Crippen LogP contribution in [0.25, 0.3) is 0 Å². The Balaban J connectivity index is 1.44. The van der Waals surface area contributed by atoms with Gasteiger partial charge in [-0.15, -0.1) is 0 Å². The van der Waals surface area contributed by atoms with E-state index in [2.05, 4.69) is 68.2 Å². The molecule has 2 N–H and O–H groups in total. The van der Waals surface area contributed by atoms with Crippen molar-refractivity contribution in [2.45, 2.75) is 51.9 Å². The highest BCUT2D eigenvalue weighted by Crippen LogP contribution is 2.13. The van der Waals surface area contributed by atoms with Gasteiger partial charge in [-0.05, 0) is 37.8 Å². The number of aromatic nitrogens is 2.